The Hall–Kier alpha value is -1.64. The molecule has 1 amide bonds. The van der Waals surface area contributed by atoms with Crippen LogP contribution >= 0.6 is 24.8 Å². The molecule has 2 aromatic rings. The number of carbonyl (C=O) groups excluding carboxylic acids is 1. The molecule has 2 unspecified atom stereocenters. The number of nitrogens with two attached hydrogens (primary N) is 1. The number of aryl methyl sites for hydroxylation is 1. The third-order valence-corrected chi connectivity index (χ3v) is 7.04. The molecule has 3 heterocycles. The monoisotopic (exact) mass is 455 g/mol. The predicted octanol–water partition coefficient (Wildman–Crippen LogP) is 2.08. The van der Waals surface area contributed by atoms with Gasteiger partial charge >= 0.3 is 0 Å². The minimum absolute atomic E-state index is 0. The van der Waals surface area contributed by atoms with Gasteiger partial charge in [-0.2, -0.15) is 14.6 Å². The summed E-state index contributed by atoms with van der Waals surface area (Å²) in [4.78, 5) is 26.2. The van der Waals surface area contributed by atoms with Crippen molar-refractivity contribution in [3.05, 3.63) is 18.1 Å². The maximum absolute atomic E-state index is 13.2. The summed E-state index contributed by atoms with van der Waals surface area (Å²) >= 11 is 0. The van der Waals surface area contributed by atoms with Gasteiger partial charge in [0, 0.05) is 49.9 Å². The van der Waals surface area contributed by atoms with Crippen molar-refractivity contribution in [3.8, 4) is 0 Å². The smallest absolute Gasteiger partial charge is 0.254 e. The van der Waals surface area contributed by atoms with E-state index in [1.54, 1.807) is 4.52 Å². The Labute approximate surface area is 189 Å². The third kappa shape index (κ3) is 4.09. The van der Waals surface area contributed by atoms with Gasteiger partial charge in [-0.25, -0.2) is 4.98 Å². The second kappa shape index (κ2) is 9.24. The normalized spacial score (nSPS) is 28.6. The van der Waals surface area contributed by atoms with E-state index in [1.807, 2.05) is 13.0 Å². The molecule has 2 saturated carbocycles. The molecule has 0 radical (unpaired) electrons. The molecule has 0 aromatic carbocycles. The average Bonchev–Trinajstić information content (AvgIpc) is 3.15. The zero-order chi connectivity index (χ0) is 19.3. The molecule has 2 bridgehead atoms. The number of rotatable bonds is 2. The van der Waals surface area contributed by atoms with Gasteiger partial charge in [0.15, 0.2) is 0 Å². The summed E-state index contributed by atoms with van der Waals surface area (Å²) in [5, 5.41) is 4.31. The Bertz CT molecular complexity index is 869. The van der Waals surface area contributed by atoms with E-state index in [-0.39, 0.29) is 30.7 Å². The number of aromatic nitrogens is 4. The summed E-state index contributed by atoms with van der Waals surface area (Å²) in [5.74, 6) is 3.24. The molecule has 2 aromatic heterocycles. The standard InChI is InChI=1S/C20H29N7O.2ClH/c1-13-9-17(27-20(24-13)22-12-23-27)25-5-7-26(8-6-25)19(28)16-10-14-3-2-4-15(11-16)18(14)21;;/h9,12,14-16,18H,2-8,10-11,21H2,1H3;2*1H. The van der Waals surface area contributed by atoms with E-state index in [4.69, 9.17) is 5.73 Å². The van der Waals surface area contributed by atoms with Crippen LogP contribution in [0.5, 0.6) is 0 Å². The van der Waals surface area contributed by atoms with E-state index in [2.05, 4.69) is 24.9 Å². The first-order chi connectivity index (χ1) is 13.6. The number of hydrogen-bond acceptors (Lipinski definition) is 6. The summed E-state index contributed by atoms with van der Waals surface area (Å²) < 4.78 is 1.79. The molecular formula is C20H31Cl2N7O. The number of fused-ring (bicyclic) bond motifs is 3. The highest BCUT2D eigenvalue weighted by Gasteiger charge is 2.42. The first kappa shape index (κ1) is 23.0. The van der Waals surface area contributed by atoms with E-state index in [9.17, 15) is 4.79 Å². The van der Waals surface area contributed by atoms with Gasteiger partial charge in [-0.05, 0) is 44.4 Å². The van der Waals surface area contributed by atoms with Crippen molar-refractivity contribution in [2.75, 3.05) is 31.1 Å². The number of carbonyl (C=O) groups is 1. The first-order valence-corrected chi connectivity index (χ1v) is 10.6. The second-order valence-corrected chi connectivity index (χ2v) is 8.74. The van der Waals surface area contributed by atoms with E-state index in [0.29, 0.717) is 29.6 Å². The van der Waals surface area contributed by atoms with Crippen LogP contribution < -0.4 is 10.6 Å². The van der Waals surface area contributed by atoms with Crippen LogP contribution in [0.3, 0.4) is 0 Å². The zero-order valence-corrected chi connectivity index (χ0v) is 18.9. The highest BCUT2D eigenvalue weighted by atomic mass is 35.5. The Morgan fingerprint density at radius 1 is 1.10 bits per heavy atom. The molecule has 3 aliphatic rings. The topological polar surface area (TPSA) is 92.7 Å². The third-order valence-electron chi connectivity index (χ3n) is 7.04. The lowest BCUT2D eigenvalue weighted by Gasteiger charge is -2.45. The predicted molar refractivity (Wildman–Crippen MR) is 120 cm³/mol. The van der Waals surface area contributed by atoms with Crippen LogP contribution in [0.1, 0.15) is 37.8 Å². The van der Waals surface area contributed by atoms with Crippen LogP contribution in [-0.4, -0.2) is 62.6 Å². The van der Waals surface area contributed by atoms with Crippen LogP contribution in [0.25, 0.3) is 5.78 Å². The minimum Gasteiger partial charge on any atom is -0.353 e. The van der Waals surface area contributed by atoms with Crippen molar-refractivity contribution in [2.24, 2.45) is 23.5 Å². The Balaban J connectivity index is 0.00000128. The van der Waals surface area contributed by atoms with Crippen LogP contribution in [0.4, 0.5) is 5.82 Å². The average molecular weight is 456 g/mol. The summed E-state index contributed by atoms with van der Waals surface area (Å²) in [6.07, 6.45) is 7.19. The zero-order valence-electron chi connectivity index (χ0n) is 17.3. The van der Waals surface area contributed by atoms with Crippen molar-refractivity contribution in [2.45, 2.75) is 45.1 Å². The number of piperazine rings is 1. The molecule has 10 heteroatoms. The Morgan fingerprint density at radius 3 is 2.43 bits per heavy atom. The largest absolute Gasteiger partial charge is 0.353 e. The second-order valence-electron chi connectivity index (χ2n) is 8.74. The molecule has 3 fully saturated rings. The maximum atomic E-state index is 13.2. The van der Waals surface area contributed by atoms with Gasteiger partial charge in [0.05, 0.1) is 0 Å². The molecule has 8 nitrogen and oxygen atoms in total. The van der Waals surface area contributed by atoms with Gasteiger partial charge < -0.3 is 15.5 Å². The van der Waals surface area contributed by atoms with Crippen LogP contribution in [0, 0.1) is 24.7 Å². The molecule has 2 atom stereocenters. The fourth-order valence-corrected chi connectivity index (χ4v) is 5.54. The number of amides is 1. The Morgan fingerprint density at radius 2 is 1.77 bits per heavy atom. The van der Waals surface area contributed by atoms with Gasteiger partial charge in [0.1, 0.15) is 12.1 Å². The molecule has 2 aliphatic carbocycles. The number of halogens is 2. The lowest BCUT2D eigenvalue weighted by atomic mass is 9.65. The molecule has 0 spiro atoms. The molecule has 30 heavy (non-hydrogen) atoms. The molecule has 1 saturated heterocycles. The van der Waals surface area contributed by atoms with Crippen molar-refractivity contribution in [1.29, 1.82) is 0 Å². The van der Waals surface area contributed by atoms with E-state index in [0.717, 1.165) is 50.5 Å². The Kier molecular flexibility index (Phi) is 7.09. The fourth-order valence-electron chi connectivity index (χ4n) is 5.54. The first-order valence-electron chi connectivity index (χ1n) is 10.6. The van der Waals surface area contributed by atoms with Gasteiger partial charge in [-0.1, -0.05) is 6.42 Å². The van der Waals surface area contributed by atoms with Gasteiger partial charge in [-0.15, -0.1) is 24.8 Å². The van der Waals surface area contributed by atoms with E-state index < -0.39 is 0 Å². The highest BCUT2D eigenvalue weighted by Crippen LogP contribution is 2.42. The minimum atomic E-state index is 0. The van der Waals surface area contributed by atoms with Crippen molar-refractivity contribution in [1.82, 2.24) is 24.5 Å². The van der Waals surface area contributed by atoms with E-state index >= 15 is 0 Å². The van der Waals surface area contributed by atoms with Crippen LogP contribution in [-0.2, 0) is 4.79 Å². The molecule has 166 valence electrons. The number of nitrogens with zero attached hydrogens (tertiary/aromatic N) is 6. The molecule has 1 aliphatic heterocycles. The van der Waals surface area contributed by atoms with Crippen molar-refractivity contribution >= 4 is 42.3 Å². The number of hydrogen-bond donors (Lipinski definition) is 1. The number of anilines is 1. The summed E-state index contributed by atoms with van der Waals surface area (Å²) in [6, 6.07) is 2.36. The lowest BCUT2D eigenvalue weighted by Crippen LogP contribution is -2.54. The van der Waals surface area contributed by atoms with Crippen molar-refractivity contribution < 1.29 is 4.79 Å². The fraction of sp³-hybridized carbons (Fsp3) is 0.700. The molecular weight excluding hydrogens is 425 g/mol. The maximum Gasteiger partial charge on any atom is 0.254 e. The van der Waals surface area contributed by atoms with Gasteiger partial charge in [0.2, 0.25) is 5.91 Å². The highest BCUT2D eigenvalue weighted by molar-refractivity contribution is 5.85. The molecule has 5 rings (SSSR count). The van der Waals surface area contributed by atoms with Crippen molar-refractivity contribution in [3.63, 3.8) is 0 Å². The summed E-state index contributed by atoms with van der Waals surface area (Å²) in [7, 11) is 0. The SMILES string of the molecule is Cc1cc(N2CCN(C(=O)C3CC4CCCC(C3)C4N)CC2)n2ncnc2n1.Cl.Cl. The van der Waals surface area contributed by atoms with Gasteiger partial charge in [0.25, 0.3) is 5.78 Å². The lowest BCUT2D eigenvalue weighted by molar-refractivity contribution is -0.139. The van der Waals surface area contributed by atoms with E-state index in [1.165, 1.54) is 25.6 Å². The summed E-state index contributed by atoms with van der Waals surface area (Å²) in [5.41, 5.74) is 7.34. The quantitative estimate of drug-likeness (QED) is 0.744. The van der Waals surface area contributed by atoms with Gasteiger partial charge in [-0.3, -0.25) is 4.79 Å². The van der Waals surface area contributed by atoms with Crippen LogP contribution in [0.15, 0.2) is 12.4 Å². The molecule has 2 N–H and O–H groups in total. The van der Waals surface area contributed by atoms with Crippen LogP contribution in [0.2, 0.25) is 0 Å². The summed E-state index contributed by atoms with van der Waals surface area (Å²) in [6.45, 7) is 5.11.